The second-order valence-corrected chi connectivity index (χ2v) is 7.53. The van der Waals surface area contributed by atoms with Crippen LogP contribution in [0.4, 0.5) is 5.69 Å². The Bertz CT molecular complexity index is 1250. The molecule has 0 saturated heterocycles. The number of ether oxygens (including phenoxy) is 2. The highest BCUT2D eigenvalue weighted by Crippen LogP contribution is 2.30. The molecule has 158 valence electrons. The number of hydrogen-bond donors (Lipinski definition) is 4. The van der Waals surface area contributed by atoms with Crippen molar-refractivity contribution < 1.29 is 19.4 Å². The van der Waals surface area contributed by atoms with E-state index in [1.54, 1.807) is 18.2 Å². The number of aromatic amines is 1. The fourth-order valence-electron chi connectivity index (χ4n) is 3.83. The first-order valence-corrected chi connectivity index (χ1v) is 10.3. The zero-order chi connectivity index (χ0) is 21.2. The first-order chi connectivity index (χ1) is 15.2. The van der Waals surface area contributed by atoms with E-state index in [2.05, 4.69) is 33.8 Å². The summed E-state index contributed by atoms with van der Waals surface area (Å²) in [6.45, 7) is 1.61. The Labute approximate surface area is 179 Å². The average Bonchev–Trinajstić information content (AvgIpc) is 3.16. The first-order valence-electron chi connectivity index (χ1n) is 10.3. The quantitative estimate of drug-likeness (QED) is 0.209. The zero-order valence-corrected chi connectivity index (χ0v) is 16.9. The van der Waals surface area contributed by atoms with E-state index in [1.165, 1.54) is 10.8 Å². The Hall–Kier alpha value is -3.55. The number of fused-ring (bicyclic) bond motifs is 4. The maximum atomic E-state index is 11.3. The molecule has 1 aliphatic rings. The second-order valence-electron chi connectivity index (χ2n) is 7.53. The molecule has 7 nitrogen and oxygen atoms in total. The highest BCUT2D eigenvalue weighted by molar-refractivity contribution is 6.07. The van der Waals surface area contributed by atoms with Crippen LogP contribution >= 0.6 is 0 Å². The highest BCUT2D eigenvalue weighted by atomic mass is 16.5. The van der Waals surface area contributed by atoms with E-state index >= 15 is 0 Å². The number of aromatic nitrogens is 1. The molecule has 7 heteroatoms. The van der Waals surface area contributed by atoms with E-state index in [-0.39, 0.29) is 12.5 Å². The van der Waals surface area contributed by atoms with Crippen molar-refractivity contribution in [2.45, 2.75) is 6.10 Å². The molecule has 3 aromatic carbocycles. The Balaban J connectivity index is 1.12. The predicted molar refractivity (Wildman–Crippen MR) is 120 cm³/mol. The van der Waals surface area contributed by atoms with Crippen molar-refractivity contribution in [1.82, 2.24) is 10.3 Å². The maximum Gasteiger partial charge on any atom is 0.330 e. The molecule has 31 heavy (non-hydrogen) atoms. The third kappa shape index (κ3) is 4.05. The Kier molecular flexibility index (Phi) is 5.19. The Morgan fingerprint density at radius 2 is 1.94 bits per heavy atom. The molecule has 4 N–H and O–H groups in total. The SMILES string of the molecule is O=C1CNc2cc([C@@H](O)CNCCOc3ccc4c(c3)[nH]c3ccccc34)ccc2O1. The molecule has 4 aromatic rings. The van der Waals surface area contributed by atoms with Gasteiger partial charge in [0.1, 0.15) is 18.9 Å². The van der Waals surface area contributed by atoms with Gasteiger partial charge < -0.3 is 30.2 Å². The van der Waals surface area contributed by atoms with Crippen LogP contribution in [0.25, 0.3) is 21.8 Å². The molecule has 0 radical (unpaired) electrons. The van der Waals surface area contributed by atoms with Gasteiger partial charge >= 0.3 is 5.97 Å². The van der Waals surface area contributed by atoms with Crippen LogP contribution in [0.3, 0.4) is 0 Å². The number of anilines is 1. The van der Waals surface area contributed by atoms with Crippen molar-refractivity contribution >= 4 is 33.5 Å². The minimum absolute atomic E-state index is 0.131. The topological polar surface area (TPSA) is 95.6 Å². The number of H-pyrrole nitrogens is 1. The lowest BCUT2D eigenvalue weighted by Crippen LogP contribution is -2.27. The lowest BCUT2D eigenvalue weighted by molar-refractivity contribution is -0.132. The molecule has 1 aromatic heterocycles. The van der Waals surface area contributed by atoms with Gasteiger partial charge in [-0.2, -0.15) is 0 Å². The molecular formula is C24H23N3O4. The van der Waals surface area contributed by atoms with Crippen LogP contribution in [0.1, 0.15) is 11.7 Å². The summed E-state index contributed by atoms with van der Waals surface area (Å²) in [4.78, 5) is 14.7. The molecule has 0 amide bonds. The molecule has 0 saturated carbocycles. The predicted octanol–water partition coefficient (Wildman–Crippen LogP) is 3.35. The normalized spacial score (nSPS) is 14.2. The zero-order valence-electron chi connectivity index (χ0n) is 16.9. The van der Waals surface area contributed by atoms with Crippen molar-refractivity contribution in [2.75, 3.05) is 31.6 Å². The van der Waals surface area contributed by atoms with Gasteiger partial charge in [0.2, 0.25) is 0 Å². The largest absolute Gasteiger partial charge is 0.492 e. The molecule has 5 rings (SSSR count). The fraction of sp³-hybridized carbons (Fsp3) is 0.208. The van der Waals surface area contributed by atoms with Crippen LogP contribution in [-0.4, -0.2) is 42.3 Å². The van der Waals surface area contributed by atoms with Crippen LogP contribution < -0.4 is 20.1 Å². The molecule has 1 atom stereocenters. The van der Waals surface area contributed by atoms with Crippen LogP contribution in [0.5, 0.6) is 11.5 Å². The summed E-state index contributed by atoms with van der Waals surface area (Å²) in [5, 5.41) is 19.0. The van der Waals surface area contributed by atoms with Crippen LogP contribution in [0, 0.1) is 0 Å². The summed E-state index contributed by atoms with van der Waals surface area (Å²) in [5.41, 5.74) is 3.63. The molecule has 1 aliphatic heterocycles. The van der Waals surface area contributed by atoms with E-state index < -0.39 is 6.10 Å². The smallest absolute Gasteiger partial charge is 0.330 e. The van der Waals surface area contributed by atoms with E-state index in [0.717, 1.165) is 22.3 Å². The average molecular weight is 417 g/mol. The van der Waals surface area contributed by atoms with Crippen molar-refractivity contribution in [3.05, 3.63) is 66.2 Å². The third-order valence-corrected chi connectivity index (χ3v) is 5.40. The lowest BCUT2D eigenvalue weighted by atomic mass is 10.1. The number of para-hydroxylation sites is 1. The van der Waals surface area contributed by atoms with Gasteiger partial charge in [-0.3, -0.25) is 0 Å². The van der Waals surface area contributed by atoms with Gasteiger partial charge in [0, 0.05) is 35.4 Å². The van der Waals surface area contributed by atoms with Crippen molar-refractivity contribution in [3.8, 4) is 11.5 Å². The molecule has 0 unspecified atom stereocenters. The van der Waals surface area contributed by atoms with Gasteiger partial charge in [-0.25, -0.2) is 4.79 Å². The van der Waals surface area contributed by atoms with Gasteiger partial charge in [0.25, 0.3) is 0 Å². The summed E-state index contributed by atoms with van der Waals surface area (Å²) in [5.74, 6) is 0.975. The highest BCUT2D eigenvalue weighted by Gasteiger charge is 2.18. The van der Waals surface area contributed by atoms with Crippen LogP contribution in [-0.2, 0) is 4.79 Å². The third-order valence-electron chi connectivity index (χ3n) is 5.40. The van der Waals surface area contributed by atoms with Gasteiger partial charge in [-0.1, -0.05) is 24.3 Å². The van der Waals surface area contributed by atoms with Crippen LogP contribution in [0.15, 0.2) is 60.7 Å². The standard InChI is InChI=1S/C24H23N3O4/c28-22(15-5-8-23-21(11-15)26-14-24(29)31-23)13-25-9-10-30-16-6-7-18-17-3-1-2-4-19(17)27-20(18)12-16/h1-8,11-12,22,25-28H,9-10,13-14H2/t22-/m0/s1. The summed E-state index contributed by atoms with van der Waals surface area (Å²) in [6, 6.07) is 19.5. The molecule has 0 bridgehead atoms. The molecule has 2 heterocycles. The molecule has 0 spiro atoms. The van der Waals surface area contributed by atoms with Crippen molar-refractivity contribution in [3.63, 3.8) is 0 Å². The Morgan fingerprint density at radius 1 is 1.06 bits per heavy atom. The summed E-state index contributed by atoms with van der Waals surface area (Å²) in [6.07, 6.45) is -0.674. The number of carbonyl (C=O) groups excluding carboxylic acids is 1. The molecule has 0 fully saturated rings. The monoisotopic (exact) mass is 417 g/mol. The number of rotatable bonds is 7. The van der Waals surface area contributed by atoms with Gasteiger partial charge in [-0.15, -0.1) is 0 Å². The second kappa shape index (κ2) is 8.29. The number of benzene rings is 3. The first kappa shape index (κ1) is 19.4. The number of aliphatic hydroxyl groups is 1. The summed E-state index contributed by atoms with van der Waals surface area (Å²) in [7, 11) is 0. The summed E-state index contributed by atoms with van der Waals surface area (Å²) >= 11 is 0. The number of nitrogens with one attached hydrogen (secondary N) is 3. The summed E-state index contributed by atoms with van der Waals surface area (Å²) < 4.78 is 11.0. The lowest BCUT2D eigenvalue weighted by Gasteiger charge is -2.20. The number of carbonyl (C=O) groups is 1. The Morgan fingerprint density at radius 3 is 2.87 bits per heavy atom. The van der Waals surface area contributed by atoms with E-state index in [9.17, 15) is 9.90 Å². The number of hydrogen-bond acceptors (Lipinski definition) is 6. The number of esters is 1. The minimum atomic E-state index is -0.674. The minimum Gasteiger partial charge on any atom is -0.492 e. The van der Waals surface area contributed by atoms with E-state index in [1.807, 2.05) is 24.3 Å². The molecular weight excluding hydrogens is 394 g/mol. The molecule has 0 aliphatic carbocycles. The maximum absolute atomic E-state index is 11.3. The van der Waals surface area contributed by atoms with Crippen molar-refractivity contribution in [2.24, 2.45) is 0 Å². The number of aliphatic hydroxyl groups excluding tert-OH is 1. The van der Waals surface area contributed by atoms with Gasteiger partial charge in [-0.05, 0) is 35.9 Å². The van der Waals surface area contributed by atoms with Crippen molar-refractivity contribution in [1.29, 1.82) is 0 Å². The van der Waals surface area contributed by atoms with E-state index in [0.29, 0.717) is 31.1 Å². The van der Waals surface area contributed by atoms with E-state index in [4.69, 9.17) is 9.47 Å². The fourth-order valence-corrected chi connectivity index (χ4v) is 3.83. The van der Waals surface area contributed by atoms with Crippen LogP contribution in [0.2, 0.25) is 0 Å². The van der Waals surface area contributed by atoms with Gasteiger partial charge in [0.15, 0.2) is 5.75 Å². The van der Waals surface area contributed by atoms with Gasteiger partial charge in [0.05, 0.1) is 17.3 Å².